The van der Waals surface area contributed by atoms with Gasteiger partial charge in [-0.3, -0.25) is 4.98 Å². The first-order valence-corrected chi connectivity index (χ1v) is 11.8. The average molecular weight is 457 g/mol. The van der Waals surface area contributed by atoms with Gasteiger partial charge in [0.05, 0.1) is 28.9 Å². The summed E-state index contributed by atoms with van der Waals surface area (Å²) in [7, 11) is -2.43. The Hall–Kier alpha value is -3.97. The molecule has 0 fully saturated rings. The SMILES string of the molecule is COc1ccc2c(c1)c(-c1nccc3ccccc13)c(CC=O)n2S(=O)(=O)c1ccccc1. The second kappa shape index (κ2) is 8.18. The van der Waals surface area contributed by atoms with E-state index in [4.69, 9.17) is 4.74 Å². The van der Waals surface area contributed by atoms with Gasteiger partial charge in [-0.2, -0.15) is 0 Å². The van der Waals surface area contributed by atoms with Crippen molar-refractivity contribution in [2.45, 2.75) is 11.3 Å². The smallest absolute Gasteiger partial charge is 0.268 e. The van der Waals surface area contributed by atoms with E-state index in [1.807, 2.05) is 30.3 Å². The summed E-state index contributed by atoms with van der Waals surface area (Å²) in [6, 6.07) is 23.1. The molecule has 0 aliphatic carbocycles. The lowest BCUT2D eigenvalue weighted by molar-refractivity contribution is -0.107. The van der Waals surface area contributed by atoms with Crippen molar-refractivity contribution in [1.82, 2.24) is 8.96 Å². The molecule has 0 aliphatic rings. The molecule has 164 valence electrons. The van der Waals surface area contributed by atoms with E-state index in [1.165, 1.54) is 3.97 Å². The summed E-state index contributed by atoms with van der Waals surface area (Å²) in [5.41, 5.74) is 2.04. The summed E-state index contributed by atoms with van der Waals surface area (Å²) >= 11 is 0. The molecule has 0 radical (unpaired) electrons. The van der Waals surface area contributed by atoms with Crippen LogP contribution in [0.1, 0.15) is 5.69 Å². The maximum atomic E-state index is 13.8. The number of ether oxygens (including phenoxy) is 1. The number of fused-ring (bicyclic) bond motifs is 2. The molecule has 2 heterocycles. The van der Waals surface area contributed by atoms with E-state index in [9.17, 15) is 13.2 Å². The third-order valence-electron chi connectivity index (χ3n) is 5.69. The lowest BCUT2D eigenvalue weighted by atomic mass is 10.00. The van der Waals surface area contributed by atoms with Crippen molar-refractivity contribution in [2.24, 2.45) is 0 Å². The summed E-state index contributed by atoms with van der Waals surface area (Å²) < 4.78 is 34.3. The molecule has 2 aromatic heterocycles. The third-order valence-corrected chi connectivity index (χ3v) is 7.46. The highest BCUT2D eigenvalue weighted by atomic mass is 32.2. The van der Waals surface area contributed by atoms with Crippen LogP contribution in [0.5, 0.6) is 5.75 Å². The van der Waals surface area contributed by atoms with E-state index < -0.39 is 10.0 Å². The van der Waals surface area contributed by atoms with Crippen LogP contribution in [0.25, 0.3) is 32.9 Å². The van der Waals surface area contributed by atoms with Crippen LogP contribution >= 0.6 is 0 Å². The molecule has 0 unspecified atom stereocenters. The number of methoxy groups -OCH3 is 1. The quantitative estimate of drug-likeness (QED) is 0.342. The number of aldehydes is 1. The Kier molecular flexibility index (Phi) is 5.18. The Bertz CT molecular complexity index is 1600. The Labute approximate surface area is 191 Å². The van der Waals surface area contributed by atoms with Gasteiger partial charge in [-0.15, -0.1) is 0 Å². The zero-order valence-electron chi connectivity index (χ0n) is 17.8. The number of benzene rings is 3. The van der Waals surface area contributed by atoms with E-state index >= 15 is 0 Å². The normalized spacial score (nSPS) is 11.7. The van der Waals surface area contributed by atoms with Crippen molar-refractivity contribution in [3.63, 3.8) is 0 Å². The minimum atomic E-state index is -3.99. The largest absolute Gasteiger partial charge is 0.497 e. The number of rotatable bonds is 6. The van der Waals surface area contributed by atoms with Crippen LogP contribution in [0.4, 0.5) is 0 Å². The molecular weight excluding hydrogens is 436 g/mol. The third kappa shape index (κ3) is 3.37. The van der Waals surface area contributed by atoms with Crippen molar-refractivity contribution in [1.29, 1.82) is 0 Å². The van der Waals surface area contributed by atoms with Gasteiger partial charge in [0.15, 0.2) is 0 Å². The Morgan fingerprint density at radius 3 is 2.45 bits per heavy atom. The second-order valence-electron chi connectivity index (χ2n) is 7.54. The topological polar surface area (TPSA) is 78.3 Å². The van der Waals surface area contributed by atoms with Crippen LogP contribution in [0.15, 0.2) is 90.0 Å². The Morgan fingerprint density at radius 2 is 1.70 bits per heavy atom. The molecule has 0 N–H and O–H groups in total. The summed E-state index contributed by atoms with van der Waals surface area (Å²) in [6.45, 7) is 0. The lowest BCUT2D eigenvalue weighted by Crippen LogP contribution is -2.16. The first kappa shape index (κ1) is 20.9. The second-order valence-corrected chi connectivity index (χ2v) is 9.33. The fourth-order valence-electron chi connectivity index (χ4n) is 4.24. The molecular formula is C26H20N2O4S. The fourth-order valence-corrected chi connectivity index (χ4v) is 5.83. The van der Waals surface area contributed by atoms with Crippen molar-refractivity contribution >= 4 is 38.0 Å². The number of pyridine rings is 1. The minimum absolute atomic E-state index is 0.0940. The molecule has 5 rings (SSSR count). The molecule has 0 spiro atoms. The minimum Gasteiger partial charge on any atom is -0.497 e. The molecule has 33 heavy (non-hydrogen) atoms. The zero-order valence-corrected chi connectivity index (χ0v) is 18.6. The fraction of sp³-hybridized carbons (Fsp3) is 0.0769. The van der Waals surface area contributed by atoms with Gasteiger partial charge >= 0.3 is 0 Å². The number of hydrogen-bond acceptors (Lipinski definition) is 5. The van der Waals surface area contributed by atoms with Gasteiger partial charge in [0.2, 0.25) is 0 Å². The summed E-state index contributed by atoms with van der Waals surface area (Å²) in [4.78, 5) is 16.6. The monoisotopic (exact) mass is 456 g/mol. The van der Waals surface area contributed by atoms with Gasteiger partial charge in [0.1, 0.15) is 12.0 Å². The summed E-state index contributed by atoms with van der Waals surface area (Å²) in [5.74, 6) is 0.580. The molecule has 0 atom stereocenters. The molecule has 0 amide bonds. The molecule has 5 aromatic rings. The number of carbonyl (C=O) groups is 1. The maximum absolute atomic E-state index is 13.8. The molecule has 0 saturated carbocycles. The van der Waals surface area contributed by atoms with Gasteiger partial charge in [0, 0.05) is 29.0 Å². The van der Waals surface area contributed by atoms with E-state index in [2.05, 4.69) is 4.98 Å². The highest BCUT2D eigenvalue weighted by Crippen LogP contribution is 2.40. The number of carbonyl (C=O) groups excluding carboxylic acids is 1. The van der Waals surface area contributed by atoms with Crippen molar-refractivity contribution in [2.75, 3.05) is 7.11 Å². The lowest BCUT2D eigenvalue weighted by Gasteiger charge is -2.12. The average Bonchev–Trinajstić information content (AvgIpc) is 3.18. The first-order valence-electron chi connectivity index (χ1n) is 10.4. The Morgan fingerprint density at radius 1 is 0.939 bits per heavy atom. The predicted molar refractivity (Wildman–Crippen MR) is 128 cm³/mol. The predicted octanol–water partition coefficient (Wildman–Crippen LogP) is 4.84. The van der Waals surface area contributed by atoms with Crippen LogP contribution < -0.4 is 4.74 Å². The van der Waals surface area contributed by atoms with E-state index in [0.29, 0.717) is 33.6 Å². The summed E-state index contributed by atoms with van der Waals surface area (Å²) in [6.07, 6.45) is 2.32. The highest BCUT2D eigenvalue weighted by Gasteiger charge is 2.28. The number of aromatic nitrogens is 2. The van der Waals surface area contributed by atoms with Gasteiger partial charge in [-0.1, -0.05) is 42.5 Å². The van der Waals surface area contributed by atoms with Crippen LogP contribution in [0.3, 0.4) is 0 Å². The molecule has 0 bridgehead atoms. The van der Waals surface area contributed by atoms with Crippen LogP contribution in [-0.2, 0) is 21.2 Å². The first-order chi connectivity index (χ1) is 16.1. The van der Waals surface area contributed by atoms with Crippen LogP contribution in [0, 0.1) is 0 Å². The molecule has 3 aromatic carbocycles. The van der Waals surface area contributed by atoms with E-state index in [0.717, 1.165) is 17.1 Å². The van der Waals surface area contributed by atoms with Crippen molar-refractivity contribution in [3.8, 4) is 17.0 Å². The standard InChI is InChI=1S/C26H20N2O4S/c1-32-19-11-12-23-22(17-19)25(26-21-10-6-5-7-18(21)13-15-27-26)24(14-16-29)28(23)33(30,31)20-8-3-2-4-9-20/h2-13,15-17H,14H2,1H3. The Balaban J connectivity index is 1.96. The zero-order chi connectivity index (χ0) is 23.0. The van der Waals surface area contributed by atoms with Gasteiger partial charge in [0.25, 0.3) is 10.0 Å². The van der Waals surface area contributed by atoms with Crippen LogP contribution in [0.2, 0.25) is 0 Å². The molecule has 0 saturated heterocycles. The van der Waals surface area contributed by atoms with Gasteiger partial charge in [-0.05, 0) is 41.8 Å². The highest BCUT2D eigenvalue weighted by molar-refractivity contribution is 7.90. The van der Waals surface area contributed by atoms with Crippen molar-refractivity contribution < 1.29 is 17.9 Å². The maximum Gasteiger partial charge on any atom is 0.268 e. The van der Waals surface area contributed by atoms with Gasteiger partial charge < -0.3 is 9.53 Å². The van der Waals surface area contributed by atoms with Crippen LogP contribution in [-0.4, -0.2) is 30.8 Å². The van der Waals surface area contributed by atoms with Gasteiger partial charge in [-0.25, -0.2) is 12.4 Å². The molecule has 6 nitrogen and oxygen atoms in total. The molecule has 0 aliphatic heterocycles. The van der Waals surface area contributed by atoms with Crippen molar-refractivity contribution in [3.05, 3.63) is 90.8 Å². The number of hydrogen-bond donors (Lipinski definition) is 0. The number of nitrogens with zero attached hydrogens (tertiary/aromatic N) is 2. The molecule has 7 heteroatoms. The summed E-state index contributed by atoms with van der Waals surface area (Å²) in [5, 5.41) is 2.48. The van der Waals surface area contributed by atoms with E-state index in [1.54, 1.807) is 61.8 Å². The van der Waals surface area contributed by atoms with E-state index in [-0.39, 0.29) is 11.3 Å².